The van der Waals surface area contributed by atoms with Gasteiger partial charge in [0.2, 0.25) is 0 Å². The lowest BCUT2D eigenvalue weighted by molar-refractivity contribution is -0.143. The van der Waals surface area contributed by atoms with Crippen LogP contribution in [0.3, 0.4) is 0 Å². The highest BCUT2D eigenvalue weighted by Crippen LogP contribution is 2.36. The molecule has 0 bridgehead atoms. The summed E-state index contributed by atoms with van der Waals surface area (Å²) >= 11 is 0. The second-order valence-corrected chi connectivity index (χ2v) is 3.77. The van der Waals surface area contributed by atoms with Crippen molar-refractivity contribution in [3.8, 4) is 17.1 Å². The number of alkyl halides is 3. The number of methoxy groups -OCH3 is 1. The molecule has 0 fully saturated rings. The van der Waals surface area contributed by atoms with Gasteiger partial charge in [0.15, 0.2) is 11.5 Å². The third kappa shape index (κ3) is 2.55. The van der Waals surface area contributed by atoms with E-state index in [0.29, 0.717) is 11.3 Å². The number of hydrogen-bond acceptors (Lipinski definition) is 4. The van der Waals surface area contributed by atoms with E-state index in [2.05, 4.69) is 5.16 Å². The number of nitrogens with two attached hydrogens (primary N) is 1. The van der Waals surface area contributed by atoms with Crippen molar-refractivity contribution in [2.45, 2.75) is 12.7 Å². The maximum atomic E-state index is 12.7. The normalized spacial score (nSPS) is 11.6. The second kappa shape index (κ2) is 4.93. The summed E-state index contributed by atoms with van der Waals surface area (Å²) in [6, 6.07) is 6.47. The minimum absolute atomic E-state index is 0.00808. The van der Waals surface area contributed by atoms with Crippen molar-refractivity contribution in [1.82, 2.24) is 5.16 Å². The van der Waals surface area contributed by atoms with E-state index in [1.54, 1.807) is 24.3 Å². The lowest BCUT2D eigenvalue weighted by Crippen LogP contribution is -2.11. The molecule has 7 heteroatoms. The van der Waals surface area contributed by atoms with Crippen LogP contribution < -0.4 is 10.5 Å². The molecule has 102 valence electrons. The van der Waals surface area contributed by atoms with Crippen LogP contribution in [0.25, 0.3) is 11.3 Å². The zero-order valence-corrected chi connectivity index (χ0v) is 9.99. The molecule has 0 aliphatic heterocycles. The van der Waals surface area contributed by atoms with E-state index in [-0.39, 0.29) is 17.9 Å². The fraction of sp³-hybridized carbons (Fsp3) is 0.250. The molecule has 1 aromatic heterocycles. The highest BCUT2D eigenvalue weighted by molar-refractivity contribution is 5.64. The largest absolute Gasteiger partial charge is 0.497 e. The molecule has 0 unspecified atom stereocenters. The van der Waals surface area contributed by atoms with Gasteiger partial charge in [0.1, 0.15) is 5.75 Å². The van der Waals surface area contributed by atoms with Gasteiger partial charge in [0.25, 0.3) is 0 Å². The van der Waals surface area contributed by atoms with Crippen molar-refractivity contribution in [1.29, 1.82) is 0 Å². The quantitative estimate of drug-likeness (QED) is 0.933. The summed E-state index contributed by atoms with van der Waals surface area (Å²) in [5.41, 5.74) is 4.55. The number of ether oxygens (including phenoxy) is 1. The first-order valence-corrected chi connectivity index (χ1v) is 5.37. The van der Waals surface area contributed by atoms with Crippen LogP contribution in [0, 0.1) is 0 Å². The molecule has 0 aliphatic carbocycles. The SMILES string of the molecule is COc1cccc(-c2onc(C(F)(F)F)c2CN)c1. The van der Waals surface area contributed by atoms with Gasteiger partial charge in [-0.15, -0.1) is 0 Å². The molecule has 2 rings (SSSR count). The van der Waals surface area contributed by atoms with E-state index in [4.69, 9.17) is 15.0 Å². The molecule has 0 amide bonds. The van der Waals surface area contributed by atoms with Crippen LogP contribution in [-0.4, -0.2) is 12.3 Å². The summed E-state index contributed by atoms with van der Waals surface area (Å²) in [4.78, 5) is 0. The highest BCUT2D eigenvalue weighted by atomic mass is 19.4. The number of rotatable bonds is 3. The smallest absolute Gasteiger partial charge is 0.437 e. The molecule has 0 aliphatic rings. The highest BCUT2D eigenvalue weighted by Gasteiger charge is 2.39. The third-order valence-electron chi connectivity index (χ3n) is 2.59. The molecule has 0 saturated heterocycles. The van der Waals surface area contributed by atoms with Gasteiger partial charge >= 0.3 is 6.18 Å². The van der Waals surface area contributed by atoms with Crippen LogP contribution in [0.4, 0.5) is 13.2 Å². The van der Waals surface area contributed by atoms with E-state index < -0.39 is 11.9 Å². The van der Waals surface area contributed by atoms with Crippen molar-refractivity contribution in [3.05, 3.63) is 35.5 Å². The van der Waals surface area contributed by atoms with Gasteiger partial charge in [-0.1, -0.05) is 17.3 Å². The molecule has 0 spiro atoms. The Kier molecular flexibility index (Phi) is 3.48. The molecule has 1 aromatic carbocycles. The molecule has 4 nitrogen and oxygen atoms in total. The number of nitrogens with zero attached hydrogens (tertiary/aromatic N) is 1. The zero-order valence-electron chi connectivity index (χ0n) is 9.99. The van der Waals surface area contributed by atoms with Crippen molar-refractivity contribution >= 4 is 0 Å². The summed E-state index contributed by atoms with van der Waals surface area (Å²) in [6.45, 7) is -0.315. The Morgan fingerprint density at radius 3 is 2.68 bits per heavy atom. The Morgan fingerprint density at radius 2 is 2.11 bits per heavy atom. The number of aromatic nitrogens is 1. The van der Waals surface area contributed by atoms with Gasteiger partial charge in [-0.25, -0.2) is 0 Å². The summed E-state index contributed by atoms with van der Waals surface area (Å²) in [7, 11) is 1.46. The van der Waals surface area contributed by atoms with Gasteiger partial charge < -0.3 is 15.0 Å². The second-order valence-electron chi connectivity index (χ2n) is 3.77. The predicted molar refractivity (Wildman–Crippen MR) is 61.4 cm³/mol. The minimum Gasteiger partial charge on any atom is -0.497 e. The standard InChI is InChI=1S/C12H11F3N2O2/c1-18-8-4-2-3-7(5-8)10-9(6-16)11(17-19-10)12(13,14)15/h2-5H,6,16H2,1H3. The molecular formula is C12H11F3N2O2. The lowest BCUT2D eigenvalue weighted by Gasteiger charge is -2.05. The van der Waals surface area contributed by atoms with Crippen molar-refractivity contribution in [2.24, 2.45) is 5.73 Å². The summed E-state index contributed by atoms with van der Waals surface area (Å²) in [5, 5.41) is 3.07. The van der Waals surface area contributed by atoms with Crippen molar-refractivity contribution < 1.29 is 22.4 Å². The molecular weight excluding hydrogens is 261 g/mol. The minimum atomic E-state index is -4.59. The third-order valence-corrected chi connectivity index (χ3v) is 2.59. The Morgan fingerprint density at radius 1 is 1.37 bits per heavy atom. The molecule has 0 atom stereocenters. The molecule has 1 heterocycles. The molecule has 2 N–H and O–H groups in total. The van der Waals surface area contributed by atoms with Gasteiger partial charge in [-0.05, 0) is 12.1 Å². The molecule has 0 saturated carbocycles. The lowest BCUT2D eigenvalue weighted by atomic mass is 10.1. The first kappa shape index (κ1) is 13.4. The van der Waals surface area contributed by atoms with E-state index >= 15 is 0 Å². The van der Waals surface area contributed by atoms with Gasteiger partial charge in [-0.3, -0.25) is 0 Å². The first-order valence-electron chi connectivity index (χ1n) is 5.37. The Bertz CT molecular complexity index is 579. The molecule has 0 radical (unpaired) electrons. The van der Waals surface area contributed by atoms with Crippen molar-refractivity contribution in [3.63, 3.8) is 0 Å². The van der Waals surface area contributed by atoms with Crippen molar-refractivity contribution in [2.75, 3.05) is 7.11 Å². The predicted octanol–water partition coefficient (Wildman–Crippen LogP) is 2.83. The van der Waals surface area contributed by atoms with Crippen LogP contribution in [0.5, 0.6) is 5.75 Å². The van der Waals surface area contributed by atoms with Crippen LogP contribution in [0.2, 0.25) is 0 Å². The van der Waals surface area contributed by atoms with Gasteiger partial charge in [-0.2, -0.15) is 13.2 Å². The summed E-state index contributed by atoms with van der Waals surface area (Å²) < 4.78 is 47.9. The molecule has 2 aromatic rings. The maximum Gasteiger partial charge on any atom is 0.437 e. The first-order chi connectivity index (χ1) is 8.97. The molecule has 19 heavy (non-hydrogen) atoms. The van der Waals surface area contributed by atoms with Crippen LogP contribution in [0.15, 0.2) is 28.8 Å². The summed E-state index contributed by atoms with van der Waals surface area (Å²) in [5.74, 6) is 0.513. The average molecular weight is 272 g/mol. The van der Waals surface area contributed by atoms with Crippen LogP contribution in [0.1, 0.15) is 11.3 Å². The van der Waals surface area contributed by atoms with E-state index in [1.165, 1.54) is 7.11 Å². The summed E-state index contributed by atoms with van der Waals surface area (Å²) in [6.07, 6.45) is -4.59. The number of halogens is 3. The fourth-order valence-corrected chi connectivity index (χ4v) is 1.71. The van der Waals surface area contributed by atoms with Crippen LogP contribution in [-0.2, 0) is 12.7 Å². The van der Waals surface area contributed by atoms with Gasteiger partial charge in [0, 0.05) is 17.7 Å². The number of benzene rings is 1. The van der Waals surface area contributed by atoms with E-state index in [0.717, 1.165) is 0 Å². The Hall–Kier alpha value is -2.02. The van der Waals surface area contributed by atoms with E-state index in [9.17, 15) is 13.2 Å². The zero-order chi connectivity index (χ0) is 14.0. The topological polar surface area (TPSA) is 61.3 Å². The fourth-order valence-electron chi connectivity index (χ4n) is 1.71. The average Bonchev–Trinajstić information content (AvgIpc) is 2.82. The van der Waals surface area contributed by atoms with Crippen LogP contribution >= 0.6 is 0 Å². The monoisotopic (exact) mass is 272 g/mol. The Balaban J connectivity index is 2.53. The number of hydrogen-bond donors (Lipinski definition) is 1. The van der Waals surface area contributed by atoms with Gasteiger partial charge in [0.05, 0.1) is 7.11 Å². The maximum absolute atomic E-state index is 12.7. The van der Waals surface area contributed by atoms with E-state index in [1.807, 2.05) is 0 Å². The Labute approximate surface area is 106 Å².